The summed E-state index contributed by atoms with van der Waals surface area (Å²) in [6.07, 6.45) is 2.06. The van der Waals surface area contributed by atoms with E-state index in [9.17, 15) is 14.4 Å². The molecule has 0 radical (unpaired) electrons. The molecular formula is C24H34FN5O4. The van der Waals surface area contributed by atoms with Crippen LogP contribution in [0.3, 0.4) is 0 Å². The molecule has 2 atom stereocenters. The van der Waals surface area contributed by atoms with Gasteiger partial charge in [0.05, 0.1) is 23.2 Å². The predicted molar refractivity (Wildman–Crippen MR) is 129 cm³/mol. The largest absolute Gasteiger partial charge is 0.449 e. The molecule has 1 aliphatic heterocycles. The summed E-state index contributed by atoms with van der Waals surface area (Å²) >= 11 is 0. The van der Waals surface area contributed by atoms with E-state index in [0.717, 1.165) is 19.3 Å². The molecule has 2 aromatic rings. The minimum Gasteiger partial charge on any atom is -0.449 e. The maximum Gasteiger partial charge on any atom is 0.409 e. The van der Waals surface area contributed by atoms with Gasteiger partial charge >= 0.3 is 11.8 Å². The summed E-state index contributed by atoms with van der Waals surface area (Å²) in [7, 11) is 1.73. The molecule has 1 saturated carbocycles. The van der Waals surface area contributed by atoms with Crippen molar-refractivity contribution >= 4 is 22.7 Å². The number of aryl methyl sites for hydroxylation is 1. The van der Waals surface area contributed by atoms with Crippen LogP contribution < -0.4 is 22.0 Å². The molecule has 1 aromatic carbocycles. The molecule has 9 nitrogen and oxygen atoms in total. The van der Waals surface area contributed by atoms with E-state index in [0.29, 0.717) is 41.1 Å². The Morgan fingerprint density at radius 2 is 1.94 bits per heavy atom. The highest BCUT2D eigenvalue weighted by Crippen LogP contribution is 2.39. The molecule has 186 valence electrons. The second kappa shape index (κ2) is 8.96. The first kappa shape index (κ1) is 24.1. The van der Waals surface area contributed by atoms with Crippen LogP contribution in [-0.4, -0.2) is 53.0 Å². The summed E-state index contributed by atoms with van der Waals surface area (Å²) in [4.78, 5) is 41.4. The number of ether oxygens (including phenoxy) is 1. The van der Waals surface area contributed by atoms with Gasteiger partial charge in [0.15, 0.2) is 0 Å². The van der Waals surface area contributed by atoms with Crippen LogP contribution in [0.2, 0.25) is 0 Å². The van der Waals surface area contributed by atoms with E-state index in [4.69, 9.17) is 10.6 Å². The summed E-state index contributed by atoms with van der Waals surface area (Å²) in [6.45, 7) is 9.22. The Hall–Kier alpha value is -3.04. The van der Waals surface area contributed by atoms with Gasteiger partial charge in [-0.1, -0.05) is 13.8 Å². The normalized spacial score (nSPS) is 19.1. The van der Waals surface area contributed by atoms with Crippen molar-refractivity contribution in [2.45, 2.75) is 59.0 Å². The molecule has 1 amide bonds. The fraction of sp³-hybridized carbons (Fsp3) is 0.625. The van der Waals surface area contributed by atoms with Crippen LogP contribution in [0.15, 0.2) is 15.7 Å². The number of benzene rings is 1. The van der Waals surface area contributed by atoms with E-state index in [1.54, 1.807) is 23.4 Å². The lowest BCUT2D eigenvalue weighted by molar-refractivity contribution is 0.0811. The summed E-state index contributed by atoms with van der Waals surface area (Å²) in [5, 5.41) is 0.115. The van der Waals surface area contributed by atoms with Crippen molar-refractivity contribution in [3.8, 4) is 0 Å². The molecular weight excluding hydrogens is 441 g/mol. The van der Waals surface area contributed by atoms with E-state index in [1.807, 2.05) is 25.7 Å². The van der Waals surface area contributed by atoms with Crippen molar-refractivity contribution in [3.63, 3.8) is 0 Å². The molecule has 2 unspecified atom stereocenters. The molecule has 2 N–H and O–H groups in total. The molecule has 34 heavy (non-hydrogen) atoms. The quantitative estimate of drug-likeness (QED) is 0.645. The Labute approximate surface area is 197 Å². The molecule has 2 fully saturated rings. The molecule has 0 spiro atoms. The number of fused-ring (bicyclic) bond motifs is 1. The molecule has 10 heteroatoms. The maximum atomic E-state index is 15.4. The van der Waals surface area contributed by atoms with E-state index in [2.05, 4.69) is 0 Å². The summed E-state index contributed by atoms with van der Waals surface area (Å²) < 4.78 is 22.9. The van der Waals surface area contributed by atoms with Gasteiger partial charge in [0.1, 0.15) is 5.82 Å². The first-order chi connectivity index (χ1) is 16.0. The number of carbonyl (C=O) groups is 1. The Morgan fingerprint density at radius 3 is 2.56 bits per heavy atom. The fourth-order valence-electron chi connectivity index (χ4n) is 4.92. The number of carbonyl (C=O) groups excluding carboxylic acids is 1. The molecule has 1 saturated heterocycles. The van der Waals surface area contributed by atoms with Gasteiger partial charge in [-0.05, 0) is 51.0 Å². The number of aromatic nitrogens is 2. The average molecular weight is 476 g/mol. The lowest BCUT2D eigenvalue weighted by Gasteiger charge is -2.30. The molecule has 2 heterocycles. The van der Waals surface area contributed by atoms with Crippen LogP contribution in [0.25, 0.3) is 10.9 Å². The number of nitrogen functional groups attached to an aromatic ring is 1. The Balaban J connectivity index is 1.64. The molecule has 2 aliphatic rings. The predicted octanol–water partition coefficient (Wildman–Crippen LogP) is 2.60. The first-order valence-electron chi connectivity index (χ1n) is 11.9. The topological polar surface area (TPSA) is 103 Å². The number of hydrogen-bond donors (Lipinski definition) is 1. The van der Waals surface area contributed by atoms with Crippen molar-refractivity contribution in [2.75, 3.05) is 37.5 Å². The second-order valence-corrected chi connectivity index (χ2v) is 10.1. The zero-order valence-corrected chi connectivity index (χ0v) is 20.5. The average Bonchev–Trinajstić information content (AvgIpc) is 3.52. The van der Waals surface area contributed by atoms with Crippen molar-refractivity contribution < 1.29 is 13.9 Å². The Morgan fingerprint density at radius 1 is 1.26 bits per heavy atom. The van der Waals surface area contributed by atoms with Gasteiger partial charge in [-0.15, -0.1) is 0 Å². The zero-order chi connectivity index (χ0) is 24.9. The van der Waals surface area contributed by atoms with Gasteiger partial charge in [0, 0.05) is 37.8 Å². The SMILES string of the molecule is Cc1c(N2CCC(C(C)N(C)C(=O)OCC(C)C)C2)c(F)cc2c(=O)n(N)c(=O)n(C3CC3)c12. The highest BCUT2D eigenvalue weighted by molar-refractivity contribution is 5.87. The molecule has 1 aliphatic carbocycles. The summed E-state index contributed by atoms with van der Waals surface area (Å²) in [5.41, 5.74) is 0.154. The Bertz CT molecular complexity index is 1230. The van der Waals surface area contributed by atoms with E-state index in [-0.39, 0.29) is 35.4 Å². The van der Waals surface area contributed by atoms with Crippen molar-refractivity contribution in [3.05, 3.63) is 38.3 Å². The third-order valence-corrected chi connectivity index (χ3v) is 7.14. The van der Waals surface area contributed by atoms with E-state index in [1.165, 1.54) is 6.07 Å². The third kappa shape index (κ3) is 4.14. The van der Waals surface area contributed by atoms with E-state index >= 15 is 4.39 Å². The van der Waals surface area contributed by atoms with Crippen LogP contribution >= 0.6 is 0 Å². The number of halogens is 1. The highest BCUT2D eigenvalue weighted by atomic mass is 19.1. The monoisotopic (exact) mass is 475 g/mol. The fourth-order valence-corrected chi connectivity index (χ4v) is 4.92. The van der Waals surface area contributed by atoms with Gasteiger partial charge in [-0.25, -0.2) is 14.0 Å². The van der Waals surface area contributed by atoms with Crippen LogP contribution in [0, 0.1) is 24.6 Å². The van der Waals surface area contributed by atoms with Crippen LogP contribution in [0.4, 0.5) is 14.9 Å². The van der Waals surface area contributed by atoms with Gasteiger partial charge in [0.2, 0.25) is 0 Å². The number of rotatable bonds is 6. The number of nitrogens with zero attached hydrogens (tertiary/aromatic N) is 4. The second-order valence-electron chi connectivity index (χ2n) is 10.1. The Kier molecular flexibility index (Phi) is 6.35. The maximum absolute atomic E-state index is 15.4. The standard InChI is InChI=1S/C24H34FN5O4/c1-13(2)12-34-24(33)27(5)15(4)16-8-9-28(11-16)21-14(3)20-18(10-19(21)25)22(31)30(26)23(32)29(20)17-6-7-17/h10,13,15-17H,6-9,11-12,26H2,1-5H3. The van der Waals surface area contributed by atoms with E-state index < -0.39 is 17.1 Å². The zero-order valence-electron chi connectivity index (χ0n) is 20.5. The number of hydrogen-bond acceptors (Lipinski definition) is 6. The lowest BCUT2D eigenvalue weighted by Crippen LogP contribution is -2.45. The number of anilines is 1. The molecule has 4 rings (SSSR count). The highest BCUT2D eigenvalue weighted by Gasteiger charge is 2.35. The van der Waals surface area contributed by atoms with Crippen LogP contribution in [0.5, 0.6) is 0 Å². The summed E-state index contributed by atoms with van der Waals surface area (Å²) in [6, 6.07) is 1.08. The van der Waals surface area contributed by atoms with Crippen molar-refractivity contribution in [1.29, 1.82) is 0 Å². The van der Waals surface area contributed by atoms with Crippen LogP contribution in [0.1, 0.15) is 51.6 Å². The lowest BCUT2D eigenvalue weighted by atomic mass is 9.99. The molecule has 1 aromatic heterocycles. The van der Waals surface area contributed by atoms with Gasteiger partial charge in [0.25, 0.3) is 5.56 Å². The number of amides is 1. The van der Waals surface area contributed by atoms with Crippen LogP contribution in [-0.2, 0) is 4.74 Å². The van der Waals surface area contributed by atoms with Crippen molar-refractivity contribution in [2.24, 2.45) is 11.8 Å². The van der Waals surface area contributed by atoms with Gasteiger partial charge in [-0.2, -0.15) is 4.68 Å². The summed E-state index contributed by atoms with van der Waals surface area (Å²) in [5.74, 6) is 5.57. The van der Waals surface area contributed by atoms with Gasteiger partial charge < -0.3 is 20.4 Å². The minimum atomic E-state index is -0.695. The smallest absolute Gasteiger partial charge is 0.409 e. The van der Waals surface area contributed by atoms with Crippen molar-refractivity contribution in [1.82, 2.24) is 14.1 Å². The minimum absolute atomic E-state index is 0.0285. The van der Waals surface area contributed by atoms with Gasteiger partial charge in [-0.3, -0.25) is 9.36 Å². The number of nitrogens with two attached hydrogens (primary N) is 1. The first-order valence-corrected chi connectivity index (χ1v) is 11.9. The third-order valence-electron chi connectivity index (χ3n) is 7.14. The molecule has 0 bridgehead atoms.